The van der Waals surface area contributed by atoms with Crippen LogP contribution in [0.15, 0.2) is 6.07 Å². The zero-order valence-corrected chi connectivity index (χ0v) is 11.7. The molecule has 1 fully saturated rings. The number of nitrogens with zero attached hydrogens (tertiary/aromatic N) is 3. The van der Waals surface area contributed by atoms with E-state index in [9.17, 15) is 18.0 Å². The van der Waals surface area contributed by atoms with Crippen molar-refractivity contribution in [2.45, 2.75) is 19.5 Å². The van der Waals surface area contributed by atoms with Crippen LogP contribution in [0, 0.1) is 5.41 Å². The van der Waals surface area contributed by atoms with Gasteiger partial charge in [-0.25, -0.2) is 9.97 Å². The summed E-state index contributed by atoms with van der Waals surface area (Å²) in [6, 6.07) is 1.42. The van der Waals surface area contributed by atoms with E-state index in [2.05, 4.69) is 15.3 Å². The highest BCUT2D eigenvalue weighted by molar-refractivity contribution is 5.82. The van der Waals surface area contributed by atoms with Crippen LogP contribution in [-0.2, 0) is 11.0 Å². The minimum atomic E-state index is -4.63. The van der Waals surface area contributed by atoms with Crippen LogP contribution in [0.5, 0.6) is 0 Å². The largest absolute Gasteiger partial charge is 0.451 e. The number of amides is 1. The van der Waals surface area contributed by atoms with Gasteiger partial charge in [0.05, 0.1) is 5.41 Å². The maximum absolute atomic E-state index is 12.8. The molecule has 0 spiro atoms. The Kier molecular flexibility index (Phi) is 3.68. The van der Waals surface area contributed by atoms with Gasteiger partial charge in [-0.05, 0) is 13.3 Å². The highest BCUT2D eigenvalue weighted by Gasteiger charge is 2.41. The molecule has 0 radical (unpaired) electrons. The number of nitrogens with two attached hydrogens (primary N) is 1. The molecule has 0 aliphatic carbocycles. The number of alkyl halides is 3. The lowest BCUT2D eigenvalue weighted by Crippen LogP contribution is -2.37. The Labute approximate surface area is 119 Å². The third kappa shape index (κ3) is 3.01. The Morgan fingerprint density at radius 3 is 2.62 bits per heavy atom. The van der Waals surface area contributed by atoms with Crippen molar-refractivity contribution in [3.8, 4) is 0 Å². The van der Waals surface area contributed by atoms with Crippen molar-refractivity contribution in [3.05, 3.63) is 11.9 Å². The van der Waals surface area contributed by atoms with Crippen LogP contribution in [0.3, 0.4) is 0 Å². The molecule has 21 heavy (non-hydrogen) atoms. The standard InChI is InChI=1S/C12H16F3N5O/c1-11(9(16)21)3-4-20(6-11)8-5-7(17-2)18-10(19-8)12(13,14)15/h5H,3-4,6H2,1-2H3,(H2,16,21)(H,17,18,19). The minimum absolute atomic E-state index is 0.0694. The van der Waals surface area contributed by atoms with Crippen molar-refractivity contribution in [2.24, 2.45) is 11.1 Å². The molecular weight excluding hydrogens is 287 g/mol. The van der Waals surface area contributed by atoms with Crippen LogP contribution >= 0.6 is 0 Å². The van der Waals surface area contributed by atoms with E-state index in [0.29, 0.717) is 13.0 Å². The molecule has 1 aromatic heterocycles. The molecule has 116 valence electrons. The first-order valence-electron chi connectivity index (χ1n) is 6.34. The molecule has 1 aromatic rings. The number of rotatable bonds is 3. The molecule has 1 unspecified atom stereocenters. The lowest BCUT2D eigenvalue weighted by atomic mass is 9.89. The number of hydrogen-bond donors (Lipinski definition) is 2. The van der Waals surface area contributed by atoms with Gasteiger partial charge in [-0.15, -0.1) is 0 Å². The Bertz CT molecular complexity index is 562. The Hall–Kier alpha value is -2.06. The molecule has 9 heteroatoms. The Balaban J connectivity index is 2.35. The van der Waals surface area contributed by atoms with Crippen LogP contribution in [-0.4, -0.2) is 36.0 Å². The molecule has 2 rings (SSSR count). The molecule has 0 bridgehead atoms. The minimum Gasteiger partial charge on any atom is -0.373 e. The molecule has 0 saturated carbocycles. The predicted octanol–water partition coefficient (Wildman–Crippen LogP) is 1.24. The van der Waals surface area contributed by atoms with E-state index in [1.807, 2.05) is 0 Å². The lowest BCUT2D eigenvalue weighted by Gasteiger charge is -2.22. The Morgan fingerprint density at radius 1 is 1.48 bits per heavy atom. The molecule has 1 saturated heterocycles. The van der Waals surface area contributed by atoms with Gasteiger partial charge in [0.2, 0.25) is 11.7 Å². The summed E-state index contributed by atoms with van der Waals surface area (Å²) in [5.41, 5.74) is 4.58. The fourth-order valence-electron chi connectivity index (χ4n) is 2.21. The summed E-state index contributed by atoms with van der Waals surface area (Å²) < 4.78 is 38.4. The van der Waals surface area contributed by atoms with Gasteiger partial charge in [0, 0.05) is 26.2 Å². The van der Waals surface area contributed by atoms with Gasteiger partial charge in [-0.3, -0.25) is 4.79 Å². The van der Waals surface area contributed by atoms with Crippen molar-refractivity contribution in [3.63, 3.8) is 0 Å². The number of carbonyl (C=O) groups excluding carboxylic acids is 1. The van der Waals surface area contributed by atoms with Crippen molar-refractivity contribution in [1.29, 1.82) is 0 Å². The van der Waals surface area contributed by atoms with Gasteiger partial charge in [-0.1, -0.05) is 0 Å². The van der Waals surface area contributed by atoms with E-state index in [4.69, 9.17) is 5.73 Å². The van der Waals surface area contributed by atoms with Crippen molar-refractivity contribution in [1.82, 2.24) is 9.97 Å². The van der Waals surface area contributed by atoms with Gasteiger partial charge in [0.1, 0.15) is 11.6 Å². The molecule has 1 amide bonds. The second kappa shape index (κ2) is 5.05. The van der Waals surface area contributed by atoms with Gasteiger partial charge in [0.25, 0.3) is 0 Å². The van der Waals surface area contributed by atoms with Gasteiger partial charge in [-0.2, -0.15) is 13.2 Å². The van der Waals surface area contributed by atoms with Crippen LogP contribution in [0.4, 0.5) is 24.8 Å². The summed E-state index contributed by atoms with van der Waals surface area (Å²) in [7, 11) is 1.48. The summed E-state index contributed by atoms with van der Waals surface area (Å²) in [4.78, 5) is 20.0. The van der Waals surface area contributed by atoms with E-state index in [1.165, 1.54) is 13.1 Å². The first kappa shape index (κ1) is 15.3. The average Bonchev–Trinajstić information content (AvgIpc) is 2.81. The number of nitrogens with one attached hydrogen (secondary N) is 1. The van der Waals surface area contributed by atoms with Crippen LogP contribution in [0.1, 0.15) is 19.2 Å². The van der Waals surface area contributed by atoms with Crippen LogP contribution in [0.2, 0.25) is 0 Å². The van der Waals surface area contributed by atoms with Gasteiger partial charge < -0.3 is 16.0 Å². The van der Waals surface area contributed by atoms with E-state index >= 15 is 0 Å². The van der Waals surface area contributed by atoms with Gasteiger partial charge >= 0.3 is 6.18 Å². The van der Waals surface area contributed by atoms with Crippen LogP contribution in [0.25, 0.3) is 0 Å². The van der Waals surface area contributed by atoms with Crippen molar-refractivity contribution in [2.75, 3.05) is 30.4 Å². The lowest BCUT2D eigenvalue weighted by molar-refractivity contribution is -0.144. The predicted molar refractivity (Wildman–Crippen MR) is 70.7 cm³/mol. The first-order valence-corrected chi connectivity index (χ1v) is 6.34. The van der Waals surface area contributed by atoms with Crippen LogP contribution < -0.4 is 16.0 Å². The highest BCUT2D eigenvalue weighted by Crippen LogP contribution is 2.34. The first-order chi connectivity index (χ1) is 9.65. The van der Waals surface area contributed by atoms with Crippen molar-refractivity contribution < 1.29 is 18.0 Å². The normalized spacial score (nSPS) is 22.4. The fraction of sp³-hybridized carbons (Fsp3) is 0.583. The quantitative estimate of drug-likeness (QED) is 0.877. The van der Waals surface area contributed by atoms with E-state index in [1.54, 1.807) is 11.8 Å². The number of hydrogen-bond acceptors (Lipinski definition) is 5. The number of aromatic nitrogens is 2. The molecule has 1 aliphatic heterocycles. The second-order valence-corrected chi connectivity index (χ2v) is 5.28. The second-order valence-electron chi connectivity index (χ2n) is 5.28. The average molecular weight is 303 g/mol. The molecule has 0 aromatic carbocycles. The molecule has 1 atom stereocenters. The SMILES string of the molecule is CNc1cc(N2CCC(C)(C(N)=O)C2)nc(C(F)(F)F)n1. The van der Waals surface area contributed by atoms with E-state index in [0.717, 1.165) is 0 Å². The zero-order chi connectivity index (χ0) is 15.8. The van der Waals surface area contributed by atoms with E-state index in [-0.39, 0.29) is 18.2 Å². The molecular formula is C12H16F3N5O. The zero-order valence-electron chi connectivity index (χ0n) is 11.7. The molecule has 1 aliphatic rings. The fourth-order valence-corrected chi connectivity index (χ4v) is 2.21. The third-order valence-corrected chi connectivity index (χ3v) is 3.61. The van der Waals surface area contributed by atoms with Crippen molar-refractivity contribution >= 4 is 17.5 Å². The summed E-state index contributed by atoms with van der Waals surface area (Å²) >= 11 is 0. The summed E-state index contributed by atoms with van der Waals surface area (Å²) in [6.45, 7) is 2.34. The smallest absolute Gasteiger partial charge is 0.373 e. The molecule has 6 nitrogen and oxygen atoms in total. The summed E-state index contributed by atoms with van der Waals surface area (Å²) in [6.07, 6.45) is -4.16. The highest BCUT2D eigenvalue weighted by atomic mass is 19.4. The summed E-state index contributed by atoms with van der Waals surface area (Å²) in [5.74, 6) is -1.48. The maximum atomic E-state index is 12.8. The molecule has 2 heterocycles. The van der Waals surface area contributed by atoms with E-state index < -0.39 is 23.3 Å². The monoisotopic (exact) mass is 303 g/mol. The third-order valence-electron chi connectivity index (χ3n) is 3.61. The van der Waals surface area contributed by atoms with Gasteiger partial charge in [0.15, 0.2) is 0 Å². The molecule has 3 N–H and O–H groups in total. The number of anilines is 2. The maximum Gasteiger partial charge on any atom is 0.451 e. The summed E-state index contributed by atoms with van der Waals surface area (Å²) in [5, 5.41) is 2.58. The number of carbonyl (C=O) groups is 1. The number of primary amides is 1. The number of halogens is 3. The topological polar surface area (TPSA) is 84.1 Å². The Morgan fingerprint density at radius 2 is 2.14 bits per heavy atom.